The summed E-state index contributed by atoms with van der Waals surface area (Å²) in [5.41, 5.74) is 1.53. The lowest BCUT2D eigenvalue weighted by Gasteiger charge is -2.30. The second-order valence-electron chi connectivity index (χ2n) is 6.90. The fourth-order valence-corrected chi connectivity index (χ4v) is 6.74. The van der Waals surface area contributed by atoms with E-state index in [1.54, 1.807) is 36.4 Å². The fourth-order valence-electron chi connectivity index (χ4n) is 2.95. The van der Waals surface area contributed by atoms with Crippen LogP contribution < -0.4 is 9.05 Å². The van der Waals surface area contributed by atoms with Crippen molar-refractivity contribution >= 4 is 72.0 Å². The van der Waals surface area contributed by atoms with Crippen LogP contribution in [-0.2, 0) is 9.98 Å². The van der Waals surface area contributed by atoms with Gasteiger partial charge in [-0.3, -0.25) is 0 Å². The van der Waals surface area contributed by atoms with Crippen LogP contribution in [0.25, 0.3) is 0 Å². The number of para-hydroxylation sites is 1. The number of aromatic hydroxyl groups is 1. The average molecular weight is 684 g/mol. The molecule has 1 atom stereocenters. The molecular weight excluding hydrogens is 667 g/mol. The Morgan fingerprint density at radius 1 is 0.767 bits per heavy atom. The van der Waals surface area contributed by atoms with Crippen LogP contribution in [0.4, 0.5) is 0 Å². The van der Waals surface area contributed by atoms with E-state index in [2.05, 4.69) is 77.6 Å². The summed E-state index contributed by atoms with van der Waals surface area (Å²) in [7, 11) is -2.73. The molecule has 3 aromatic carbocycles. The normalized spacial score (nSPS) is 12.5. The second-order valence-corrected chi connectivity index (χ2v) is 11.0. The molecule has 3 rings (SSSR count). The molecule has 3 aromatic rings. The minimum absolute atomic E-state index is 0.112. The molecule has 0 aliphatic carbocycles. The molecule has 0 spiro atoms. The molecule has 0 aliphatic heterocycles. The third-order valence-electron chi connectivity index (χ3n) is 4.59. The molecule has 0 radical (unpaired) electrons. The minimum atomic E-state index is -2.73. The SMILES string of the molecule is CC(C)(c1ccc(O[PH](=O)Oc2ccccc2)cc1)c1c(Br)c(Br)c(O)c(Br)c1Br. The zero-order valence-corrected chi connectivity index (χ0v) is 23.2. The first-order valence-corrected chi connectivity index (χ1v) is 13.1. The highest BCUT2D eigenvalue weighted by molar-refractivity contribution is 9.14. The molecule has 4 nitrogen and oxygen atoms in total. The van der Waals surface area contributed by atoms with E-state index in [4.69, 9.17) is 9.05 Å². The highest BCUT2D eigenvalue weighted by Gasteiger charge is 2.32. The molecular formula is C21H17Br4O4P. The zero-order valence-electron chi connectivity index (χ0n) is 15.9. The number of phenols is 1. The van der Waals surface area contributed by atoms with Crippen LogP contribution in [0.2, 0.25) is 0 Å². The molecule has 0 fully saturated rings. The van der Waals surface area contributed by atoms with E-state index in [1.807, 2.05) is 18.2 Å². The Bertz CT molecular complexity index is 1060. The van der Waals surface area contributed by atoms with Crippen LogP contribution in [0.1, 0.15) is 25.0 Å². The second kappa shape index (κ2) is 9.78. The van der Waals surface area contributed by atoms with E-state index < -0.39 is 13.7 Å². The van der Waals surface area contributed by atoms with Crippen LogP contribution in [0.3, 0.4) is 0 Å². The van der Waals surface area contributed by atoms with Gasteiger partial charge in [0.25, 0.3) is 0 Å². The monoisotopic (exact) mass is 680 g/mol. The van der Waals surface area contributed by atoms with Gasteiger partial charge in [0.2, 0.25) is 0 Å². The van der Waals surface area contributed by atoms with Gasteiger partial charge in [0, 0.05) is 14.4 Å². The summed E-state index contributed by atoms with van der Waals surface area (Å²) in [4.78, 5) is 0. The van der Waals surface area contributed by atoms with Crippen LogP contribution >= 0.6 is 72.0 Å². The van der Waals surface area contributed by atoms with Gasteiger partial charge >= 0.3 is 8.25 Å². The molecule has 0 aromatic heterocycles. The van der Waals surface area contributed by atoms with Crippen molar-refractivity contribution in [3.8, 4) is 17.2 Å². The Hall–Kier alpha value is -0.790. The summed E-state index contributed by atoms with van der Waals surface area (Å²) in [6.07, 6.45) is 0. The lowest BCUT2D eigenvalue weighted by Crippen LogP contribution is -2.20. The van der Waals surface area contributed by atoms with Crippen molar-refractivity contribution in [3.05, 3.63) is 83.6 Å². The molecule has 0 amide bonds. The molecule has 0 heterocycles. The highest BCUT2D eigenvalue weighted by Crippen LogP contribution is 2.51. The quantitative estimate of drug-likeness (QED) is 0.209. The summed E-state index contributed by atoms with van der Waals surface area (Å²) in [6, 6.07) is 16.3. The zero-order chi connectivity index (χ0) is 22.1. The van der Waals surface area contributed by atoms with E-state index >= 15 is 0 Å². The van der Waals surface area contributed by atoms with Gasteiger partial charge in [-0.25, -0.2) is 4.57 Å². The van der Waals surface area contributed by atoms with E-state index in [1.165, 1.54) is 0 Å². The predicted molar refractivity (Wildman–Crippen MR) is 134 cm³/mol. The predicted octanol–water partition coefficient (Wildman–Crippen LogP) is 8.62. The third-order valence-corrected chi connectivity index (χ3v) is 9.59. The Balaban J connectivity index is 1.85. The van der Waals surface area contributed by atoms with E-state index in [9.17, 15) is 9.67 Å². The average Bonchev–Trinajstić information content (AvgIpc) is 2.72. The van der Waals surface area contributed by atoms with Crippen LogP contribution in [0.15, 0.2) is 72.5 Å². The van der Waals surface area contributed by atoms with Crippen molar-refractivity contribution in [2.75, 3.05) is 0 Å². The van der Waals surface area contributed by atoms with Gasteiger partial charge in [0.1, 0.15) is 17.2 Å². The van der Waals surface area contributed by atoms with Gasteiger partial charge in [-0.1, -0.05) is 44.2 Å². The number of hydrogen-bond donors (Lipinski definition) is 1. The Morgan fingerprint density at radius 2 is 1.23 bits per heavy atom. The first-order chi connectivity index (χ1) is 14.1. The smallest absolute Gasteiger partial charge is 0.418 e. The van der Waals surface area contributed by atoms with Gasteiger partial charge in [-0.15, -0.1) is 0 Å². The van der Waals surface area contributed by atoms with Crippen molar-refractivity contribution in [2.45, 2.75) is 19.3 Å². The summed E-state index contributed by atoms with van der Waals surface area (Å²) in [6.45, 7) is 4.15. The van der Waals surface area contributed by atoms with Gasteiger partial charge < -0.3 is 14.2 Å². The topological polar surface area (TPSA) is 55.8 Å². The maximum Gasteiger partial charge on any atom is 0.418 e. The van der Waals surface area contributed by atoms with Crippen LogP contribution in [0.5, 0.6) is 17.2 Å². The number of phenolic OH excluding ortho intramolecular Hbond substituents is 1. The Labute approximate surface area is 209 Å². The molecule has 0 aliphatic rings. The van der Waals surface area contributed by atoms with Crippen molar-refractivity contribution in [1.29, 1.82) is 0 Å². The molecule has 0 saturated heterocycles. The lowest BCUT2D eigenvalue weighted by molar-refractivity contribution is 0.415. The maximum atomic E-state index is 12.2. The first kappa shape index (κ1) is 23.9. The molecule has 0 saturated carbocycles. The minimum Gasteiger partial charge on any atom is -0.505 e. The van der Waals surface area contributed by atoms with E-state index in [-0.39, 0.29) is 5.75 Å². The Morgan fingerprint density at radius 3 is 1.73 bits per heavy atom. The molecule has 158 valence electrons. The number of hydrogen-bond acceptors (Lipinski definition) is 4. The number of benzene rings is 3. The summed E-state index contributed by atoms with van der Waals surface area (Å²) in [5.74, 6) is 1.07. The van der Waals surface area contributed by atoms with E-state index in [0.717, 1.165) is 20.1 Å². The maximum absolute atomic E-state index is 12.2. The van der Waals surface area contributed by atoms with Gasteiger partial charge in [0.05, 0.1) is 8.95 Å². The first-order valence-electron chi connectivity index (χ1n) is 8.73. The van der Waals surface area contributed by atoms with Gasteiger partial charge in [-0.05, 0) is 99.1 Å². The van der Waals surface area contributed by atoms with Crippen molar-refractivity contribution in [1.82, 2.24) is 0 Å². The highest BCUT2D eigenvalue weighted by atomic mass is 79.9. The number of rotatable bonds is 6. The van der Waals surface area contributed by atoms with Crippen molar-refractivity contribution in [2.24, 2.45) is 0 Å². The Kier molecular flexibility index (Phi) is 7.78. The molecule has 0 bridgehead atoms. The standard InChI is InChI=1S/C21H17Br4O4P/c1-21(2,15-16(22)18(24)20(26)19(25)17(15)23)12-8-10-14(11-9-12)29-30(27)28-13-6-4-3-5-7-13/h3-11,26,30H,1-2H3. The summed E-state index contributed by atoms with van der Waals surface area (Å²) < 4.78 is 25.6. The van der Waals surface area contributed by atoms with E-state index in [0.29, 0.717) is 20.4 Å². The van der Waals surface area contributed by atoms with Crippen LogP contribution in [-0.4, -0.2) is 5.11 Å². The summed E-state index contributed by atoms with van der Waals surface area (Å²) in [5, 5.41) is 10.2. The van der Waals surface area contributed by atoms with Gasteiger partial charge in [-0.2, -0.15) is 0 Å². The molecule has 9 heteroatoms. The molecule has 30 heavy (non-hydrogen) atoms. The van der Waals surface area contributed by atoms with Crippen molar-refractivity contribution in [3.63, 3.8) is 0 Å². The van der Waals surface area contributed by atoms with Crippen LogP contribution in [0, 0.1) is 0 Å². The third kappa shape index (κ3) is 4.99. The fraction of sp³-hybridized carbons (Fsp3) is 0.143. The molecule has 1 unspecified atom stereocenters. The van der Waals surface area contributed by atoms with Crippen molar-refractivity contribution < 1.29 is 18.7 Å². The van der Waals surface area contributed by atoms with Gasteiger partial charge in [0.15, 0.2) is 0 Å². The largest absolute Gasteiger partial charge is 0.505 e. The lowest BCUT2D eigenvalue weighted by atomic mass is 9.78. The summed E-state index contributed by atoms with van der Waals surface area (Å²) >= 11 is 14.0. The number of halogens is 4. The molecule has 1 N–H and O–H groups in total.